The Hall–Kier alpha value is -2.43. The monoisotopic (exact) mass is 462 g/mol. The Labute approximate surface area is 187 Å². The van der Waals surface area contributed by atoms with E-state index in [9.17, 15) is 9.59 Å². The van der Waals surface area contributed by atoms with E-state index in [1.807, 2.05) is 11.5 Å². The zero-order valence-electron chi connectivity index (χ0n) is 17.1. The zero-order valence-corrected chi connectivity index (χ0v) is 19.6. The molecular weight excluding hydrogens is 440 g/mol. The topological polar surface area (TPSA) is 86.1 Å². The van der Waals surface area contributed by atoms with Crippen LogP contribution in [0.3, 0.4) is 0 Å². The number of hydrogen-bond acceptors (Lipinski definition) is 8. The molecule has 0 spiro atoms. The van der Waals surface area contributed by atoms with Crippen LogP contribution in [0.2, 0.25) is 0 Å². The average Bonchev–Trinajstić information content (AvgIpc) is 3.38. The van der Waals surface area contributed by atoms with E-state index < -0.39 is 5.97 Å². The molecule has 158 valence electrons. The van der Waals surface area contributed by atoms with Crippen molar-refractivity contribution in [3.8, 4) is 11.4 Å². The fourth-order valence-electron chi connectivity index (χ4n) is 2.78. The van der Waals surface area contributed by atoms with Crippen LogP contribution >= 0.6 is 34.4 Å². The first-order valence-corrected chi connectivity index (χ1v) is 11.7. The number of ether oxygens (including phenoxy) is 1. The molecule has 3 rings (SSSR count). The molecule has 0 aromatic carbocycles. The third kappa shape index (κ3) is 4.66. The number of anilines is 1. The number of aromatic nitrogens is 3. The lowest BCUT2D eigenvalue weighted by Gasteiger charge is -2.08. The quantitative estimate of drug-likeness (QED) is 0.297. The van der Waals surface area contributed by atoms with Gasteiger partial charge in [0.05, 0.1) is 18.4 Å². The third-order valence-electron chi connectivity index (χ3n) is 4.40. The molecular formula is C20H22N4O3S3. The summed E-state index contributed by atoms with van der Waals surface area (Å²) in [4.78, 5) is 26.5. The molecule has 3 aromatic rings. The maximum Gasteiger partial charge on any atom is 0.340 e. The molecule has 0 saturated heterocycles. The van der Waals surface area contributed by atoms with Gasteiger partial charge < -0.3 is 10.1 Å². The fourth-order valence-corrected chi connectivity index (χ4v) is 5.31. The predicted molar refractivity (Wildman–Crippen MR) is 123 cm³/mol. The van der Waals surface area contributed by atoms with Crippen molar-refractivity contribution in [2.45, 2.75) is 32.5 Å². The maximum atomic E-state index is 12.5. The number of thiophene rings is 2. The Balaban J connectivity index is 1.75. The Morgan fingerprint density at radius 3 is 2.73 bits per heavy atom. The molecule has 0 aliphatic rings. The van der Waals surface area contributed by atoms with Crippen LogP contribution in [0.5, 0.6) is 0 Å². The highest BCUT2D eigenvalue weighted by atomic mass is 32.2. The molecule has 0 bridgehead atoms. The molecule has 7 nitrogen and oxygen atoms in total. The van der Waals surface area contributed by atoms with Crippen LogP contribution in [-0.4, -0.2) is 39.5 Å². The summed E-state index contributed by atoms with van der Waals surface area (Å²) in [5.74, 6) is 0.193. The first-order valence-electron chi connectivity index (χ1n) is 9.06. The van der Waals surface area contributed by atoms with Crippen molar-refractivity contribution in [2.24, 2.45) is 0 Å². The van der Waals surface area contributed by atoms with Crippen LogP contribution in [0.4, 0.5) is 5.00 Å². The van der Waals surface area contributed by atoms with E-state index in [4.69, 9.17) is 4.74 Å². The predicted octanol–water partition coefficient (Wildman–Crippen LogP) is 4.70. The van der Waals surface area contributed by atoms with Crippen molar-refractivity contribution in [2.75, 3.05) is 18.2 Å². The van der Waals surface area contributed by atoms with Crippen molar-refractivity contribution >= 4 is 51.3 Å². The summed E-state index contributed by atoms with van der Waals surface area (Å²) >= 11 is 4.30. The standard InChI is InChI=1S/C20H22N4O3S3/c1-6-7-24-17(15-9-28-13(4)12(15)3)22-23-20(24)29-10-16(25)21-18-14(19(26)27-5)8-11(2)30-18/h6,8-9H,1,7,10H2,2-5H3,(H,21,25). The molecule has 30 heavy (non-hydrogen) atoms. The second kappa shape index (κ2) is 9.59. The Morgan fingerprint density at radius 1 is 1.33 bits per heavy atom. The number of aryl methyl sites for hydroxylation is 2. The molecule has 0 saturated carbocycles. The Bertz CT molecular complexity index is 1100. The maximum absolute atomic E-state index is 12.5. The van der Waals surface area contributed by atoms with E-state index in [-0.39, 0.29) is 11.7 Å². The lowest BCUT2D eigenvalue weighted by atomic mass is 10.1. The average molecular weight is 463 g/mol. The molecule has 1 N–H and O–H groups in total. The SMILES string of the molecule is C=CCn1c(SCC(=O)Nc2sc(C)cc2C(=O)OC)nnc1-c1csc(C)c1C. The highest BCUT2D eigenvalue weighted by Crippen LogP contribution is 2.32. The fraction of sp³-hybridized carbons (Fsp3) is 0.300. The summed E-state index contributed by atoms with van der Waals surface area (Å²) in [6, 6.07) is 1.71. The number of esters is 1. The van der Waals surface area contributed by atoms with Crippen LogP contribution in [0.1, 0.15) is 25.7 Å². The largest absolute Gasteiger partial charge is 0.465 e. The van der Waals surface area contributed by atoms with Crippen molar-refractivity contribution in [1.82, 2.24) is 14.8 Å². The minimum absolute atomic E-state index is 0.133. The Morgan fingerprint density at radius 2 is 2.10 bits per heavy atom. The normalized spacial score (nSPS) is 10.8. The van der Waals surface area contributed by atoms with Gasteiger partial charge in [0.1, 0.15) is 5.00 Å². The van der Waals surface area contributed by atoms with E-state index in [2.05, 4.69) is 41.3 Å². The number of carbonyl (C=O) groups is 2. The highest BCUT2D eigenvalue weighted by Gasteiger charge is 2.20. The van der Waals surface area contributed by atoms with E-state index >= 15 is 0 Å². The number of nitrogens with zero attached hydrogens (tertiary/aromatic N) is 3. The van der Waals surface area contributed by atoms with Gasteiger partial charge in [-0.3, -0.25) is 9.36 Å². The van der Waals surface area contributed by atoms with Gasteiger partial charge in [-0.1, -0.05) is 17.8 Å². The third-order valence-corrected chi connectivity index (χ3v) is 7.35. The molecule has 0 aliphatic heterocycles. The van der Waals surface area contributed by atoms with Gasteiger partial charge in [-0.2, -0.15) is 0 Å². The van der Waals surface area contributed by atoms with Gasteiger partial charge in [0.15, 0.2) is 11.0 Å². The van der Waals surface area contributed by atoms with Gasteiger partial charge in [0, 0.05) is 27.2 Å². The van der Waals surface area contributed by atoms with Gasteiger partial charge in [-0.15, -0.1) is 39.4 Å². The summed E-state index contributed by atoms with van der Waals surface area (Å²) in [5.41, 5.74) is 2.58. The highest BCUT2D eigenvalue weighted by molar-refractivity contribution is 7.99. The van der Waals surface area contributed by atoms with Crippen molar-refractivity contribution < 1.29 is 14.3 Å². The van der Waals surface area contributed by atoms with Crippen LogP contribution in [0, 0.1) is 20.8 Å². The van der Waals surface area contributed by atoms with E-state index in [0.29, 0.717) is 22.3 Å². The molecule has 1 amide bonds. The first-order chi connectivity index (χ1) is 14.3. The number of amides is 1. The van der Waals surface area contributed by atoms with Gasteiger partial charge in [-0.25, -0.2) is 4.79 Å². The molecule has 0 atom stereocenters. The summed E-state index contributed by atoms with van der Waals surface area (Å²) < 4.78 is 6.73. The summed E-state index contributed by atoms with van der Waals surface area (Å²) in [7, 11) is 1.32. The summed E-state index contributed by atoms with van der Waals surface area (Å²) in [5, 5.41) is 14.6. The second-order valence-electron chi connectivity index (χ2n) is 6.46. The van der Waals surface area contributed by atoms with Gasteiger partial charge in [0.2, 0.25) is 5.91 Å². The first kappa shape index (κ1) is 22.3. The van der Waals surface area contributed by atoms with E-state index in [0.717, 1.165) is 16.3 Å². The minimum Gasteiger partial charge on any atom is -0.465 e. The molecule has 0 aliphatic carbocycles. The number of allylic oxidation sites excluding steroid dienone is 1. The van der Waals surface area contributed by atoms with Crippen LogP contribution < -0.4 is 5.32 Å². The minimum atomic E-state index is -0.473. The molecule has 10 heteroatoms. The molecule has 0 fully saturated rings. The molecule has 0 radical (unpaired) electrons. The number of methoxy groups -OCH3 is 1. The van der Waals surface area contributed by atoms with Crippen LogP contribution in [0.25, 0.3) is 11.4 Å². The van der Waals surface area contributed by atoms with E-state index in [1.54, 1.807) is 23.5 Å². The number of rotatable bonds is 8. The number of thioether (sulfide) groups is 1. The van der Waals surface area contributed by atoms with Crippen LogP contribution in [0.15, 0.2) is 29.3 Å². The smallest absolute Gasteiger partial charge is 0.340 e. The number of nitrogens with one attached hydrogen (secondary N) is 1. The summed E-state index contributed by atoms with van der Waals surface area (Å²) in [6.07, 6.45) is 1.78. The molecule has 0 unspecified atom stereocenters. The van der Waals surface area contributed by atoms with Crippen molar-refractivity contribution in [3.05, 3.63) is 45.0 Å². The molecule has 3 heterocycles. The zero-order chi connectivity index (χ0) is 21.8. The second-order valence-corrected chi connectivity index (χ2v) is 9.75. The van der Waals surface area contributed by atoms with Gasteiger partial charge in [-0.05, 0) is 32.4 Å². The summed E-state index contributed by atoms with van der Waals surface area (Å²) in [6.45, 7) is 10.4. The number of carbonyl (C=O) groups excluding carboxylic acids is 2. The molecule has 3 aromatic heterocycles. The van der Waals surface area contributed by atoms with Crippen LogP contribution in [-0.2, 0) is 16.1 Å². The lowest BCUT2D eigenvalue weighted by molar-refractivity contribution is -0.113. The Kier molecular flexibility index (Phi) is 7.11. The number of hydrogen-bond donors (Lipinski definition) is 1. The van der Waals surface area contributed by atoms with Crippen molar-refractivity contribution in [1.29, 1.82) is 0 Å². The lowest BCUT2D eigenvalue weighted by Crippen LogP contribution is -2.16. The van der Waals surface area contributed by atoms with Gasteiger partial charge in [0.25, 0.3) is 0 Å². The van der Waals surface area contributed by atoms with E-state index in [1.165, 1.54) is 40.6 Å². The van der Waals surface area contributed by atoms with Crippen molar-refractivity contribution in [3.63, 3.8) is 0 Å². The van der Waals surface area contributed by atoms with Gasteiger partial charge >= 0.3 is 5.97 Å².